The average Bonchev–Trinajstić information content (AvgIpc) is 3.96. The lowest BCUT2D eigenvalue weighted by molar-refractivity contribution is 0.743. The highest BCUT2D eigenvalue weighted by atomic mass is 15.3. The van der Waals surface area contributed by atoms with E-state index in [1.165, 1.54) is 77.8 Å². The molecule has 8 aromatic rings. The molecule has 5 nitrogen and oxygen atoms in total. The second-order valence-electron chi connectivity index (χ2n) is 16.7. The van der Waals surface area contributed by atoms with Gasteiger partial charge in [0.1, 0.15) is 0 Å². The topological polar surface area (TPSA) is 58.6 Å². The third-order valence-electron chi connectivity index (χ3n) is 12.9. The number of aromatic nitrogens is 1. The Balaban J connectivity index is 0.000000209. The van der Waals surface area contributed by atoms with Crippen LogP contribution >= 0.6 is 0 Å². The number of fused-ring (bicyclic) bond motifs is 10. The number of aryl methyl sites for hydroxylation is 1. The van der Waals surface area contributed by atoms with Gasteiger partial charge in [-0.25, -0.2) is 0 Å². The Labute approximate surface area is 357 Å². The van der Waals surface area contributed by atoms with E-state index in [9.17, 15) is 0 Å². The molecule has 4 unspecified atom stereocenters. The molecule has 5 heteroatoms. The number of benzene rings is 7. The van der Waals surface area contributed by atoms with E-state index in [-0.39, 0.29) is 0 Å². The third kappa shape index (κ3) is 6.73. The molecule has 1 saturated carbocycles. The minimum Gasteiger partial charge on any atom is -0.382 e. The highest BCUT2D eigenvalue weighted by Gasteiger charge is 2.55. The van der Waals surface area contributed by atoms with Crippen molar-refractivity contribution in [2.75, 3.05) is 4.90 Å². The van der Waals surface area contributed by atoms with Gasteiger partial charge in [-0.1, -0.05) is 163 Å². The first-order valence-corrected chi connectivity index (χ1v) is 21.4. The number of hydrogen-bond donors (Lipinski definition) is 2. The van der Waals surface area contributed by atoms with Gasteiger partial charge in [0.25, 0.3) is 0 Å². The van der Waals surface area contributed by atoms with Crippen LogP contribution in [0.1, 0.15) is 45.8 Å². The normalized spacial score (nSPS) is 19.5. The van der Waals surface area contributed by atoms with Crippen molar-refractivity contribution in [3.8, 4) is 5.69 Å². The van der Waals surface area contributed by atoms with Crippen molar-refractivity contribution in [2.45, 2.75) is 31.8 Å². The van der Waals surface area contributed by atoms with Crippen molar-refractivity contribution in [1.82, 2.24) is 9.99 Å². The van der Waals surface area contributed by atoms with Crippen molar-refractivity contribution in [3.05, 3.63) is 233 Å². The highest BCUT2D eigenvalue weighted by Crippen LogP contribution is 2.64. The predicted octanol–water partition coefficient (Wildman–Crippen LogP) is 12.5. The van der Waals surface area contributed by atoms with Gasteiger partial charge in [0.15, 0.2) is 5.84 Å². The first kappa shape index (κ1) is 36.7. The number of nitrogens with one attached hydrogen (secondary N) is 1. The molecule has 0 spiro atoms. The Hall–Kier alpha value is -7.37. The molecular formula is C56H47N5. The van der Waals surface area contributed by atoms with E-state index in [4.69, 9.17) is 5.73 Å². The summed E-state index contributed by atoms with van der Waals surface area (Å²) in [6, 6.07) is 62.7. The molecule has 4 aliphatic rings. The van der Waals surface area contributed by atoms with Crippen LogP contribution in [0.4, 0.5) is 11.4 Å². The number of nitrogens with two attached hydrogens (primary N) is 1. The summed E-state index contributed by atoms with van der Waals surface area (Å²) in [5.74, 6) is 2.07. The van der Waals surface area contributed by atoms with E-state index in [0.717, 1.165) is 12.0 Å². The predicted molar refractivity (Wildman–Crippen MR) is 254 cm³/mol. The van der Waals surface area contributed by atoms with Crippen LogP contribution in [0.3, 0.4) is 0 Å². The number of amidine groups is 1. The molecule has 0 saturated heterocycles. The first-order chi connectivity index (χ1) is 30.1. The summed E-state index contributed by atoms with van der Waals surface area (Å²) in [5.41, 5.74) is 24.6. The van der Waals surface area contributed by atoms with Crippen LogP contribution < -0.4 is 16.1 Å². The molecular weight excluding hydrogens is 743 g/mol. The Morgan fingerprint density at radius 2 is 1.41 bits per heavy atom. The molecule has 1 fully saturated rings. The maximum Gasteiger partial charge on any atom is 0.150 e. The second-order valence-corrected chi connectivity index (χ2v) is 16.7. The molecule has 296 valence electrons. The monoisotopic (exact) mass is 789 g/mol. The van der Waals surface area contributed by atoms with Gasteiger partial charge in [0.05, 0.1) is 23.8 Å². The fraction of sp³-hybridized carbons (Fsp3) is 0.125. The minimum atomic E-state index is 0.307. The van der Waals surface area contributed by atoms with Crippen LogP contribution in [-0.4, -0.2) is 16.4 Å². The zero-order valence-corrected chi connectivity index (χ0v) is 34.2. The summed E-state index contributed by atoms with van der Waals surface area (Å²) >= 11 is 0. The van der Waals surface area contributed by atoms with Crippen molar-refractivity contribution in [3.63, 3.8) is 0 Å². The molecule has 1 aromatic heterocycles. The Morgan fingerprint density at radius 1 is 0.705 bits per heavy atom. The summed E-state index contributed by atoms with van der Waals surface area (Å²) in [4.78, 5) is 2.59. The minimum absolute atomic E-state index is 0.307. The molecule has 0 radical (unpaired) electrons. The number of hydrogen-bond acceptors (Lipinski definition) is 3. The van der Waals surface area contributed by atoms with Crippen LogP contribution in [0.5, 0.6) is 0 Å². The fourth-order valence-corrected chi connectivity index (χ4v) is 10.0. The molecule has 1 aliphatic heterocycles. The van der Waals surface area contributed by atoms with E-state index in [1.807, 2.05) is 60.7 Å². The van der Waals surface area contributed by atoms with Crippen molar-refractivity contribution in [1.29, 1.82) is 0 Å². The molecule has 4 atom stereocenters. The number of allylic oxidation sites excluding steroid dienone is 3. The maximum absolute atomic E-state index is 5.85. The smallest absolute Gasteiger partial charge is 0.150 e. The number of para-hydroxylation sites is 2. The molecule has 61 heavy (non-hydrogen) atoms. The van der Waals surface area contributed by atoms with E-state index in [2.05, 4.69) is 166 Å². The third-order valence-corrected chi connectivity index (χ3v) is 12.9. The molecule has 2 bridgehead atoms. The fourth-order valence-electron chi connectivity index (χ4n) is 10.0. The zero-order chi connectivity index (χ0) is 40.9. The number of rotatable bonds is 7. The lowest BCUT2D eigenvalue weighted by Crippen LogP contribution is -2.35. The van der Waals surface area contributed by atoms with Gasteiger partial charge in [-0.05, 0) is 101 Å². The van der Waals surface area contributed by atoms with Crippen molar-refractivity contribution >= 4 is 50.5 Å². The van der Waals surface area contributed by atoms with E-state index >= 15 is 0 Å². The first-order valence-electron chi connectivity index (χ1n) is 21.4. The van der Waals surface area contributed by atoms with E-state index in [0.29, 0.717) is 36.2 Å². The largest absolute Gasteiger partial charge is 0.382 e. The maximum atomic E-state index is 5.85. The average molecular weight is 790 g/mol. The van der Waals surface area contributed by atoms with Crippen LogP contribution in [0.15, 0.2) is 205 Å². The van der Waals surface area contributed by atoms with Gasteiger partial charge in [-0.2, -0.15) is 5.10 Å². The highest BCUT2D eigenvalue weighted by molar-refractivity contribution is 5.97. The van der Waals surface area contributed by atoms with E-state index in [1.54, 1.807) is 0 Å². The van der Waals surface area contributed by atoms with Gasteiger partial charge in [0, 0.05) is 39.5 Å². The molecule has 7 aromatic carbocycles. The summed E-state index contributed by atoms with van der Waals surface area (Å²) < 4.78 is 2.48. The quantitative estimate of drug-likeness (QED) is 0.0960. The van der Waals surface area contributed by atoms with Crippen LogP contribution in [0.2, 0.25) is 0 Å². The molecule has 3 aliphatic carbocycles. The van der Waals surface area contributed by atoms with Gasteiger partial charge in [0.2, 0.25) is 0 Å². The van der Waals surface area contributed by atoms with E-state index < -0.39 is 0 Å². The SMILES string of the molecule is Cc1ccc(-n2c3c(c4ccccc42)C2C(C=C3)C2C2=CC3CC(=C2)c2ccccc2N3c2ccc3ccccc3c2)cc1.N/C(=N\NCc1ccccc1)c1ccccc1. The molecule has 2 heterocycles. The Morgan fingerprint density at radius 3 is 2.25 bits per heavy atom. The summed E-state index contributed by atoms with van der Waals surface area (Å²) in [6.07, 6.45) is 11.1. The van der Waals surface area contributed by atoms with Crippen LogP contribution in [0, 0.1) is 18.8 Å². The lowest BCUT2D eigenvalue weighted by Gasteiger charge is -2.41. The Kier molecular flexibility index (Phi) is 9.23. The molecule has 3 N–H and O–H groups in total. The summed E-state index contributed by atoms with van der Waals surface area (Å²) in [5, 5.41) is 8.11. The number of anilines is 2. The van der Waals surface area contributed by atoms with Gasteiger partial charge in [-0.3, -0.25) is 0 Å². The summed E-state index contributed by atoms with van der Waals surface area (Å²) in [7, 11) is 0. The zero-order valence-electron chi connectivity index (χ0n) is 34.2. The second kappa shape index (κ2) is 15.3. The van der Waals surface area contributed by atoms with Crippen LogP contribution in [0.25, 0.3) is 39.0 Å². The molecule has 0 amide bonds. The Bertz CT molecular complexity index is 3040. The number of hydrazone groups is 1. The molecule has 12 rings (SSSR count). The number of nitrogens with zero attached hydrogens (tertiary/aromatic N) is 3. The van der Waals surface area contributed by atoms with Gasteiger partial charge in [-0.15, -0.1) is 0 Å². The van der Waals surface area contributed by atoms with Crippen molar-refractivity contribution < 1.29 is 0 Å². The standard InChI is InChI=1S/C42H32N2.C14H15N3/c1-26-14-17-31(18-15-26)44-38-13-7-5-11-35(38)41-39(44)21-20-36-40(42(36)41)30-22-29-24-33(25-30)43(37-12-6-4-10-34(29)37)32-19-16-27-8-2-3-9-28(27)23-32;15-14(13-9-5-2-6-10-13)17-16-11-12-7-3-1-4-8-12/h2-23,25,33,36,40,42H,24H2,1H3;1-10,16H,11H2,(H2,15,17). The van der Waals surface area contributed by atoms with Crippen LogP contribution in [-0.2, 0) is 6.54 Å². The van der Waals surface area contributed by atoms with Gasteiger partial charge < -0.3 is 20.6 Å². The lowest BCUT2D eigenvalue weighted by atomic mass is 9.82. The van der Waals surface area contributed by atoms with Crippen molar-refractivity contribution in [2.24, 2.45) is 22.7 Å². The summed E-state index contributed by atoms with van der Waals surface area (Å²) in [6.45, 7) is 2.84. The van der Waals surface area contributed by atoms with Gasteiger partial charge >= 0.3 is 0 Å².